The summed E-state index contributed by atoms with van der Waals surface area (Å²) in [7, 11) is 0. The molecule has 2 aromatic rings. The van der Waals surface area contributed by atoms with Crippen molar-refractivity contribution in [1.82, 2.24) is 10.2 Å². The van der Waals surface area contributed by atoms with E-state index in [4.69, 9.17) is 18.0 Å². The van der Waals surface area contributed by atoms with Gasteiger partial charge in [0, 0.05) is 10.5 Å². The number of aromatic amines is 1. The molecule has 0 aliphatic heterocycles. The second-order valence-electron chi connectivity index (χ2n) is 3.71. The number of amides is 1. The quantitative estimate of drug-likeness (QED) is 0.593. The number of rotatable bonds is 4. The first kappa shape index (κ1) is 13.6. The molecule has 0 fully saturated rings. The summed E-state index contributed by atoms with van der Waals surface area (Å²) in [5.41, 5.74) is 6.60. The predicted octanol–water partition coefficient (Wildman–Crippen LogP) is 2.02. The van der Waals surface area contributed by atoms with E-state index in [-0.39, 0.29) is 10.9 Å². The first-order valence-corrected chi connectivity index (χ1v) is 7.03. The van der Waals surface area contributed by atoms with Crippen molar-refractivity contribution in [3.63, 3.8) is 0 Å². The van der Waals surface area contributed by atoms with E-state index >= 15 is 0 Å². The monoisotopic (exact) mass is 292 g/mol. The Labute approximate surface area is 120 Å². The standard InChI is InChI=1S/C12H12N4OS2/c1-19-8-4-2-7(3-5-8)12(17)15-11-9(10(13)18)6-14-16-11/h2-6H,1H3,(H2,13,18)(H2,14,15,16,17). The van der Waals surface area contributed by atoms with Crippen molar-refractivity contribution in [3.8, 4) is 0 Å². The molecule has 7 heteroatoms. The van der Waals surface area contributed by atoms with Gasteiger partial charge in [-0.2, -0.15) is 5.10 Å². The molecule has 0 bridgehead atoms. The van der Waals surface area contributed by atoms with Crippen LogP contribution in [0.25, 0.3) is 0 Å². The zero-order valence-electron chi connectivity index (χ0n) is 10.1. The number of aromatic nitrogens is 2. The molecule has 1 amide bonds. The van der Waals surface area contributed by atoms with Gasteiger partial charge < -0.3 is 11.1 Å². The van der Waals surface area contributed by atoms with E-state index in [2.05, 4.69) is 15.5 Å². The summed E-state index contributed by atoms with van der Waals surface area (Å²) in [4.78, 5) is 13.3. The second kappa shape index (κ2) is 5.85. The Morgan fingerprint density at radius 2 is 2.11 bits per heavy atom. The van der Waals surface area contributed by atoms with E-state index in [1.807, 2.05) is 18.4 Å². The van der Waals surface area contributed by atoms with E-state index in [1.54, 1.807) is 23.9 Å². The van der Waals surface area contributed by atoms with E-state index in [9.17, 15) is 4.79 Å². The number of thioether (sulfide) groups is 1. The van der Waals surface area contributed by atoms with Gasteiger partial charge in [-0.15, -0.1) is 11.8 Å². The average Bonchev–Trinajstić information content (AvgIpc) is 2.87. The first-order chi connectivity index (χ1) is 9.11. The van der Waals surface area contributed by atoms with Gasteiger partial charge in [-0.3, -0.25) is 9.89 Å². The Balaban J connectivity index is 2.16. The highest BCUT2D eigenvalue weighted by Gasteiger charge is 2.12. The third kappa shape index (κ3) is 3.12. The number of anilines is 1. The average molecular weight is 292 g/mol. The number of benzene rings is 1. The third-order valence-corrected chi connectivity index (χ3v) is 3.46. The lowest BCUT2D eigenvalue weighted by molar-refractivity contribution is 0.102. The van der Waals surface area contributed by atoms with Gasteiger partial charge >= 0.3 is 0 Å². The minimum Gasteiger partial charge on any atom is -0.389 e. The minimum absolute atomic E-state index is 0.182. The SMILES string of the molecule is CSc1ccc(C(=O)Nc2[nH]ncc2C(N)=S)cc1. The Morgan fingerprint density at radius 1 is 1.42 bits per heavy atom. The molecule has 0 unspecified atom stereocenters. The predicted molar refractivity (Wildman–Crippen MR) is 80.7 cm³/mol. The molecule has 0 aliphatic rings. The Hall–Kier alpha value is -1.86. The molecule has 4 N–H and O–H groups in total. The summed E-state index contributed by atoms with van der Waals surface area (Å²) in [6, 6.07) is 7.30. The summed E-state index contributed by atoms with van der Waals surface area (Å²) < 4.78 is 0. The number of nitrogens with two attached hydrogens (primary N) is 1. The summed E-state index contributed by atoms with van der Waals surface area (Å²) >= 11 is 6.49. The number of carbonyl (C=O) groups is 1. The summed E-state index contributed by atoms with van der Waals surface area (Å²) in [6.45, 7) is 0. The minimum atomic E-state index is -0.241. The van der Waals surface area contributed by atoms with Gasteiger partial charge in [0.15, 0.2) is 0 Å². The highest BCUT2D eigenvalue weighted by molar-refractivity contribution is 7.98. The van der Waals surface area contributed by atoms with Gasteiger partial charge in [0.05, 0.1) is 11.8 Å². The molecule has 0 saturated carbocycles. The van der Waals surface area contributed by atoms with Crippen LogP contribution in [0.1, 0.15) is 15.9 Å². The molecule has 0 atom stereocenters. The molecule has 0 saturated heterocycles. The lowest BCUT2D eigenvalue weighted by atomic mass is 10.2. The molecular weight excluding hydrogens is 280 g/mol. The smallest absolute Gasteiger partial charge is 0.256 e. The van der Waals surface area contributed by atoms with Crippen LogP contribution in [0.5, 0.6) is 0 Å². The fourth-order valence-electron chi connectivity index (χ4n) is 1.50. The maximum Gasteiger partial charge on any atom is 0.256 e. The number of hydrogen-bond acceptors (Lipinski definition) is 4. The zero-order chi connectivity index (χ0) is 13.8. The fraction of sp³-hybridized carbons (Fsp3) is 0.0833. The van der Waals surface area contributed by atoms with E-state index in [0.29, 0.717) is 16.9 Å². The van der Waals surface area contributed by atoms with Crippen LogP contribution < -0.4 is 11.1 Å². The van der Waals surface area contributed by atoms with E-state index in [1.165, 1.54) is 6.20 Å². The lowest BCUT2D eigenvalue weighted by Gasteiger charge is -2.05. The summed E-state index contributed by atoms with van der Waals surface area (Å²) in [6.07, 6.45) is 3.46. The lowest BCUT2D eigenvalue weighted by Crippen LogP contribution is -2.16. The van der Waals surface area contributed by atoms with Gasteiger partial charge in [-0.05, 0) is 30.5 Å². The van der Waals surface area contributed by atoms with Crippen molar-refractivity contribution >= 4 is 40.7 Å². The normalized spacial score (nSPS) is 10.2. The largest absolute Gasteiger partial charge is 0.389 e. The van der Waals surface area contributed by atoms with Gasteiger partial charge in [0.2, 0.25) is 0 Å². The first-order valence-electron chi connectivity index (χ1n) is 5.40. The summed E-state index contributed by atoms with van der Waals surface area (Å²) in [5, 5.41) is 9.16. The Morgan fingerprint density at radius 3 is 2.68 bits per heavy atom. The molecule has 98 valence electrons. The van der Waals surface area contributed by atoms with Crippen molar-refractivity contribution in [2.75, 3.05) is 11.6 Å². The van der Waals surface area contributed by atoms with Crippen LogP contribution in [0.3, 0.4) is 0 Å². The zero-order valence-corrected chi connectivity index (χ0v) is 11.8. The molecule has 0 radical (unpaired) electrons. The molecule has 1 aromatic heterocycles. The molecular formula is C12H12N4OS2. The van der Waals surface area contributed by atoms with Crippen LogP contribution in [0.2, 0.25) is 0 Å². The van der Waals surface area contributed by atoms with E-state index < -0.39 is 0 Å². The van der Waals surface area contributed by atoms with Gasteiger partial charge in [-0.25, -0.2) is 0 Å². The molecule has 2 rings (SSSR count). The van der Waals surface area contributed by atoms with Gasteiger partial charge in [0.1, 0.15) is 10.8 Å². The summed E-state index contributed by atoms with van der Waals surface area (Å²) in [5.74, 6) is 0.167. The second-order valence-corrected chi connectivity index (χ2v) is 5.03. The molecule has 19 heavy (non-hydrogen) atoms. The van der Waals surface area contributed by atoms with Crippen molar-refractivity contribution in [2.24, 2.45) is 5.73 Å². The van der Waals surface area contributed by atoms with Gasteiger partial charge in [-0.1, -0.05) is 12.2 Å². The number of hydrogen-bond donors (Lipinski definition) is 3. The van der Waals surface area contributed by atoms with Crippen molar-refractivity contribution in [1.29, 1.82) is 0 Å². The Kier molecular flexibility index (Phi) is 4.18. The van der Waals surface area contributed by atoms with Crippen molar-refractivity contribution in [3.05, 3.63) is 41.6 Å². The number of H-pyrrole nitrogens is 1. The highest BCUT2D eigenvalue weighted by atomic mass is 32.2. The van der Waals surface area contributed by atoms with Crippen LogP contribution in [0.4, 0.5) is 5.82 Å². The highest BCUT2D eigenvalue weighted by Crippen LogP contribution is 2.16. The van der Waals surface area contributed by atoms with Crippen LogP contribution in [0.15, 0.2) is 35.4 Å². The number of nitrogens with one attached hydrogen (secondary N) is 2. The van der Waals surface area contributed by atoms with Crippen LogP contribution in [0, 0.1) is 0 Å². The maximum absolute atomic E-state index is 12.0. The maximum atomic E-state index is 12.0. The molecule has 1 aromatic carbocycles. The Bertz CT molecular complexity index is 606. The fourth-order valence-corrected chi connectivity index (χ4v) is 2.06. The number of nitrogens with zero attached hydrogens (tertiary/aromatic N) is 1. The molecule has 0 spiro atoms. The van der Waals surface area contributed by atoms with Gasteiger partial charge in [0.25, 0.3) is 5.91 Å². The van der Waals surface area contributed by atoms with E-state index in [0.717, 1.165) is 4.90 Å². The van der Waals surface area contributed by atoms with Crippen LogP contribution >= 0.6 is 24.0 Å². The third-order valence-electron chi connectivity index (χ3n) is 2.50. The van der Waals surface area contributed by atoms with Crippen LogP contribution in [-0.2, 0) is 0 Å². The van der Waals surface area contributed by atoms with Crippen molar-refractivity contribution in [2.45, 2.75) is 4.90 Å². The molecule has 1 heterocycles. The number of carbonyl (C=O) groups excluding carboxylic acids is 1. The topological polar surface area (TPSA) is 83.8 Å². The molecule has 5 nitrogen and oxygen atoms in total. The number of thiocarbonyl (C=S) groups is 1. The van der Waals surface area contributed by atoms with Crippen LogP contribution in [-0.4, -0.2) is 27.3 Å². The van der Waals surface area contributed by atoms with Crippen molar-refractivity contribution < 1.29 is 4.79 Å². The molecule has 0 aliphatic carbocycles.